The van der Waals surface area contributed by atoms with Gasteiger partial charge >= 0.3 is 0 Å². The number of piperazine rings is 1. The fourth-order valence-corrected chi connectivity index (χ4v) is 3.42. The molecule has 0 N–H and O–H groups in total. The fraction of sp³-hybridized carbons (Fsp3) is 0.333. The van der Waals surface area contributed by atoms with E-state index >= 15 is 0 Å². The van der Waals surface area contributed by atoms with E-state index < -0.39 is 0 Å². The van der Waals surface area contributed by atoms with Crippen LogP contribution in [0, 0.1) is 0 Å². The van der Waals surface area contributed by atoms with Gasteiger partial charge < -0.3 is 9.80 Å². The van der Waals surface area contributed by atoms with Crippen molar-refractivity contribution in [2.24, 2.45) is 0 Å². The first-order valence-electron chi connectivity index (χ1n) is 7.11. The second-order valence-electron chi connectivity index (χ2n) is 5.39. The van der Waals surface area contributed by atoms with Gasteiger partial charge in [0.1, 0.15) is 0 Å². The summed E-state index contributed by atoms with van der Waals surface area (Å²) in [5, 5.41) is 4.23. The van der Waals surface area contributed by atoms with Crippen LogP contribution in [0.15, 0.2) is 35.4 Å². The third kappa shape index (κ3) is 2.20. The lowest BCUT2D eigenvalue weighted by molar-refractivity contribution is 0.312. The molecule has 3 aromatic heterocycles. The van der Waals surface area contributed by atoms with E-state index in [1.165, 1.54) is 5.56 Å². The van der Waals surface area contributed by atoms with Crippen LogP contribution in [0.1, 0.15) is 0 Å². The van der Waals surface area contributed by atoms with Crippen molar-refractivity contribution < 1.29 is 0 Å². The summed E-state index contributed by atoms with van der Waals surface area (Å²) in [5.74, 6) is 0.993. The Morgan fingerprint density at radius 3 is 2.76 bits per heavy atom. The molecule has 0 bridgehead atoms. The Bertz CT molecular complexity index is 741. The minimum absolute atomic E-state index is 0.947. The fourth-order valence-electron chi connectivity index (χ4n) is 2.77. The number of fused-ring (bicyclic) bond motifs is 1. The number of imidazole rings is 1. The number of hydrogen-bond donors (Lipinski definition) is 0. The molecule has 4 rings (SSSR count). The van der Waals surface area contributed by atoms with Gasteiger partial charge in [0.05, 0.1) is 11.9 Å². The first kappa shape index (κ1) is 12.8. The Balaban J connectivity index is 1.78. The maximum atomic E-state index is 4.71. The highest BCUT2D eigenvalue weighted by atomic mass is 32.1. The molecule has 1 fully saturated rings. The van der Waals surface area contributed by atoms with Crippen molar-refractivity contribution in [3.8, 4) is 11.3 Å². The van der Waals surface area contributed by atoms with Gasteiger partial charge in [-0.25, -0.2) is 9.97 Å². The molecule has 0 aliphatic carbocycles. The van der Waals surface area contributed by atoms with Crippen molar-refractivity contribution in [1.82, 2.24) is 19.3 Å². The summed E-state index contributed by atoms with van der Waals surface area (Å²) in [7, 11) is 2.16. The van der Waals surface area contributed by atoms with Crippen LogP contribution in [0.5, 0.6) is 0 Å². The molecule has 0 saturated carbocycles. The molecular weight excluding hydrogens is 282 g/mol. The van der Waals surface area contributed by atoms with Gasteiger partial charge in [0.25, 0.3) is 0 Å². The van der Waals surface area contributed by atoms with Gasteiger partial charge in [-0.3, -0.25) is 4.40 Å². The number of rotatable bonds is 2. The third-order valence-corrected chi connectivity index (χ3v) is 4.71. The summed E-state index contributed by atoms with van der Waals surface area (Å²) < 4.78 is 2.14. The number of thiophene rings is 1. The van der Waals surface area contributed by atoms with Crippen molar-refractivity contribution in [2.75, 3.05) is 38.1 Å². The van der Waals surface area contributed by atoms with Crippen molar-refractivity contribution in [2.45, 2.75) is 0 Å². The average Bonchev–Trinajstić information content (AvgIpc) is 3.19. The normalized spacial score (nSPS) is 16.7. The molecule has 1 aliphatic heterocycles. The highest BCUT2D eigenvalue weighted by molar-refractivity contribution is 7.08. The zero-order valence-electron chi connectivity index (χ0n) is 11.9. The monoisotopic (exact) mass is 299 g/mol. The molecular formula is C15H17N5S. The lowest BCUT2D eigenvalue weighted by atomic mass is 10.2. The van der Waals surface area contributed by atoms with Gasteiger partial charge in [-0.15, -0.1) is 0 Å². The van der Waals surface area contributed by atoms with E-state index in [-0.39, 0.29) is 0 Å². The summed E-state index contributed by atoms with van der Waals surface area (Å²) in [6, 6.07) is 2.12. The number of likely N-dealkylation sites (N-methyl/N-ethyl adjacent to an activating group) is 1. The maximum absolute atomic E-state index is 4.71. The van der Waals surface area contributed by atoms with Gasteiger partial charge in [0.15, 0.2) is 11.5 Å². The molecule has 0 amide bonds. The van der Waals surface area contributed by atoms with Gasteiger partial charge in [-0.2, -0.15) is 11.3 Å². The number of hydrogen-bond acceptors (Lipinski definition) is 5. The highest BCUT2D eigenvalue weighted by Gasteiger charge is 2.19. The van der Waals surface area contributed by atoms with Crippen molar-refractivity contribution in [1.29, 1.82) is 0 Å². The average molecular weight is 299 g/mol. The van der Waals surface area contributed by atoms with Crippen LogP contribution in [-0.4, -0.2) is 52.5 Å². The van der Waals surface area contributed by atoms with E-state index in [0.717, 1.165) is 43.3 Å². The van der Waals surface area contributed by atoms with Gasteiger partial charge in [0.2, 0.25) is 0 Å². The van der Waals surface area contributed by atoms with Crippen LogP contribution in [0.4, 0.5) is 5.82 Å². The topological polar surface area (TPSA) is 36.7 Å². The number of nitrogens with zero attached hydrogens (tertiary/aromatic N) is 5. The summed E-state index contributed by atoms with van der Waals surface area (Å²) in [6.45, 7) is 4.15. The van der Waals surface area contributed by atoms with Crippen molar-refractivity contribution in [3.05, 3.63) is 35.4 Å². The summed E-state index contributed by atoms with van der Waals surface area (Å²) in [5.41, 5.74) is 3.24. The molecule has 3 aromatic rings. The summed E-state index contributed by atoms with van der Waals surface area (Å²) in [6.07, 6.45) is 5.83. The lowest BCUT2D eigenvalue weighted by Gasteiger charge is -2.33. The van der Waals surface area contributed by atoms with E-state index in [0.29, 0.717) is 0 Å². The molecule has 0 radical (unpaired) electrons. The number of aromatic nitrogens is 3. The Morgan fingerprint density at radius 1 is 1.14 bits per heavy atom. The Hall–Kier alpha value is -1.92. The third-order valence-electron chi connectivity index (χ3n) is 4.03. The molecule has 5 nitrogen and oxygen atoms in total. The SMILES string of the molecule is CN1CCN(c2ncc(-c3ccsc3)n3ccnc23)CC1. The molecule has 108 valence electrons. The first-order chi connectivity index (χ1) is 10.3. The maximum Gasteiger partial charge on any atom is 0.180 e. The largest absolute Gasteiger partial charge is 0.351 e. The van der Waals surface area contributed by atoms with E-state index in [1.54, 1.807) is 11.3 Å². The predicted octanol–water partition coefficient (Wildman–Crippen LogP) is 2.21. The highest BCUT2D eigenvalue weighted by Crippen LogP contribution is 2.27. The smallest absolute Gasteiger partial charge is 0.180 e. The van der Waals surface area contributed by atoms with Crippen LogP contribution in [-0.2, 0) is 0 Å². The summed E-state index contributed by atoms with van der Waals surface area (Å²) >= 11 is 1.70. The van der Waals surface area contributed by atoms with Crippen molar-refractivity contribution in [3.63, 3.8) is 0 Å². The van der Waals surface area contributed by atoms with Crippen LogP contribution < -0.4 is 4.90 Å². The lowest BCUT2D eigenvalue weighted by Crippen LogP contribution is -2.45. The molecule has 0 unspecified atom stereocenters. The van der Waals surface area contributed by atoms with Crippen LogP contribution in [0.25, 0.3) is 16.9 Å². The quantitative estimate of drug-likeness (QED) is 0.727. The molecule has 0 aromatic carbocycles. The van der Waals surface area contributed by atoms with Crippen molar-refractivity contribution >= 4 is 22.8 Å². The van der Waals surface area contributed by atoms with Gasteiger partial charge in [-0.05, 0) is 18.5 Å². The van der Waals surface area contributed by atoms with Crippen LogP contribution >= 0.6 is 11.3 Å². The number of anilines is 1. The zero-order valence-corrected chi connectivity index (χ0v) is 12.8. The van der Waals surface area contributed by atoms with Gasteiger partial charge in [-0.1, -0.05) is 0 Å². The molecule has 21 heavy (non-hydrogen) atoms. The van der Waals surface area contributed by atoms with E-state index in [9.17, 15) is 0 Å². The van der Waals surface area contributed by atoms with E-state index in [4.69, 9.17) is 4.98 Å². The Kier molecular flexibility index (Phi) is 3.12. The molecule has 4 heterocycles. The standard InChI is InChI=1S/C15H17N5S/c1-18-5-7-19(8-6-18)14-15-16-3-4-20(15)13(10-17-14)12-2-9-21-11-12/h2-4,9-11H,5-8H2,1H3. The second kappa shape index (κ2) is 5.13. The zero-order chi connectivity index (χ0) is 14.2. The first-order valence-corrected chi connectivity index (χ1v) is 8.05. The summed E-state index contributed by atoms with van der Waals surface area (Å²) in [4.78, 5) is 13.9. The molecule has 0 atom stereocenters. The van der Waals surface area contributed by atoms with E-state index in [2.05, 4.69) is 43.1 Å². The second-order valence-corrected chi connectivity index (χ2v) is 6.17. The Labute approximate surface area is 127 Å². The van der Waals surface area contributed by atoms with Gasteiger partial charge in [0, 0.05) is 49.5 Å². The molecule has 1 saturated heterocycles. The predicted molar refractivity (Wildman–Crippen MR) is 86.0 cm³/mol. The van der Waals surface area contributed by atoms with Crippen LogP contribution in [0.2, 0.25) is 0 Å². The molecule has 6 heteroatoms. The molecule has 1 aliphatic rings. The Morgan fingerprint density at radius 2 is 2.00 bits per heavy atom. The molecule has 0 spiro atoms. The van der Waals surface area contributed by atoms with E-state index in [1.807, 2.05) is 18.6 Å². The minimum atomic E-state index is 0.947. The minimum Gasteiger partial charge on any atom is -0.351 e. The van der Waals surface area contributed by atoms with Crippen LogP contribution in [0.3, 0.4) is 0 Å².